The van der Waals surface area contributed by atoms with E-state index in [0.717, 1.165) is 37.7 Å². The third kappa shape index (κ3) is 4.69. The van der Waals surface area contributed by atoms with Gasteiger partial charge in [-0.2, -0.15) is 0 Å². The summed E-state index contributed by atoms with van der Waals surface area (Å²) in [6.45, 7) is 4.58. The number of nitrogens with zero attached hydrogens (tertiary/aromatic N) is 1. The first kappa shape index (κ1) is 22.4. The molecule has 4 saturated heterocycles. The predicted molar refractivity (Wildman–Crippen MR) is 114 cm³/mol. The van der Waals surface area contributed by atoms with E-state index in [-0.39, 0.29) is 23.6 Å². The van der Waals surface area contributed by atoms with Crippen LogP contribution in [0.15, 0.2) is 12.1 Å². The van der Waals surface area contributed by atoms with Crippen molar-refractivity contribution >= 4 is 40.4 Å². The Morgan fingerprint density at radius 2 is 1.81 bits per heavy atom. The summed E-state index contributed by atoms with van der Waals surface area (Å²) < 4.78 is 11.9. The van der Waals surface area contributed by atoms with Gasteiger partial charge in [0.15, 0.2) is 0 Å². The number of benzene rings is 1. The maximum absolute atomic E-state index is 12.9. The minimum Gasteiger partial charge on any atom is -0.486 e. The van der Waals surface area contributed by atoms with Gasteiger partial charge in [-0.3, -0.25) is 9.69 Å². The molecule has 0 amide bonds. The zero-order valence-electron chi connectivity index (χ0n) is 17.4. The van der Waals surface area contributed by atoms with Crippen LogP contribution in [-0.2, 0) is 16.0 Å². The number of hydrogen-bond donors (Lipinski definition) is 1. The maximum Gasteiger partial charge on any atom is 0.401 e. The molecule has 4 bridgehead atoms. The Hall–Kier alpha value is -1.83. The first-order valence-corrected chi connectivity index (χ1v) is 11.2. The van der Waals surface area contributed by atoms with Gasteiger partial charge in [-0.1, -0.05) is 11.6 Å². The number of esters is 1. The lowest BCUT2D eigenvalue weighted by Gasteiger charge is -2.54. The van der Waals surface area contributed by atoms with Crippen molar-refractivity contribution in [2.24, 2.45) is 5.92 Å². The topological polar surface area (TPSA) is 93.1 Å². The highest BCUT2D eigenvalue weighted by atomic mass is 35.5. The Balaban J connectivity index is 0.000000535. The molecule has 1 aromatic carbocycles. The Bertz CT molecular complexity index is 913. The molecule has 0 aliphatic carbocycles. The van der Waals surface area contributed by atoms with Crippen molar-refractivity contribution < 1.29 is 29.0 Å². The molecular weight excluding hydrogens is 445 g/mol. The van der Waals surface area contributed by atoms with Gasteiger partial charge < -0.3 is 14.6 Å². The van der Waals surface area contributed by atoms with Gasteiger partial charge in [0, 0.05) is 59.5 Å². The molecule has 0 radical (unpaired) electrons. The second kappa shape index (κ2) is 8.26. The Labute approximate surface area is 190 Å². The SMILES string of the molecule is CC1(C)Cc2cc(Cl)cc(C(=O)OC3C[C@@H]4CC5C[C@@H](C3)N4CC5=O)c2O1.O=C(O)Cl. The number of halogens is 2. The molecule has 0 aromatic heterocycles. The number of fused-ring (bicyclic) bond motifs is 2. The number of rotatable bonds is 2. The minimum absolute atomic E-state index is 0.109. The maximum atomic E-state index is 12.9. The molecule has 5 aliphatic heterocycles. The van der Waals surface area contributed by atoms with Gasteiger partial charge in [0.1, 0.15) is 28.8 Å². The molecule has 0 spiro atoms. The van der Waals surface area contributed by atoms with Crippen LogP contribution in [0, 0.1) is 5.92 Å². The zero-order chi connectivity index (χ0) is 22.5. The lowest BCUT2D eigenvalue weighted by atomic mass is 9.72. The van der Waals surface area contributed by atoms with Gasteiger partial charge in [0.2, 0.25) is 0 Å². The summed E-state index contributed by atoms with van der Waals surface area (Å²) in [6.07, 6.45) is 4.05. The van der Waals surface area contributed by atoms with E-state index in [1.807, 2.05) is 19.9 Å². The smallest absolute Gasteiger partial charge is 0.401 e. The number of hydrogen-bond acceptors (Lipinski definition) is 6. The van der Waals surface area contributed by atoms with Crippen molar-refractivity contribution in [3.8, 4) is 5.75 Å². The first-order chi connectivity index (χ1) is 14.5. The van der Waals surface area contributed by atoms with Crippen molar-refractivity contribution in [1.82, 2.24) is 4.90 Å². The van der Waals surface area contributed by atoms with E-state index in [0.29, 0.717) is 40.7 Å². The quantitative estimate of drug-likeness (QED) is 0.509. The normalized spacial score (nSPS) is 31.7. The fourth-order valence-corrected chi connectivity index (χ4v) is 5.69. The average molecular weight is 470 g/mol. The van der Waals surface area contributed by atoms with Gasteiger partial charge in [0.25, 0.3) is 0 Å². The molecular formula is C22H25Cl2NO6. The molecule has 9 heteroatoms. The van der Waals surface area contributed by atoms with Crippen molar-refractivity contribution in [3.05, 3.63) is 28.3 Å². The van der Waals surface area contributed by atoms with Gasteiger partial charge in [-0.15, -0.1) is 0 Å². The second-order valence-corrected chi connectivity index (χ2v) is 10.1. The summed E-state index contributed by atoms with van der Waals surface area (Å²) in [5.41, 5.74) is -0.319. The molecule has 0 unspecified atom stereocenters. The summed E-state index contributed by atoms with van der Waals surface area (Å²) in [4.78, 5) is 36.0. The fraction of sp³-hybridized carbons (Fsp3) is 0.591. The predicted octanol–water partition coefficient (Wildman–Crippen LogP) is 4.31. The van der Waals surface area contributed by atoms with E-state index < -0.39 is 5.43 Å². The van der Waals surface area contributed by atoms with E-state index in [4.69, 9.17) is 31.0 Å². The van der Waals surface area contributed by atoms with Gasteiger partial charge >= 0.3 is 11.4 Å². The summed E-state index contributed by atoms with van der Waals surface area (Å²) >= 11 is 10.4. The molecule has 31 heavy (non-hydrogen) atoms. The summed E-state index contributed by atoms with van der Waals surface area (Å²) in [5, 5.41) is 7.71. The van der Waals surface area contributed by atoms with E-state index in [9.17, 15) is 9.59 Å². The standard InChI is InChI=1S/C21H24ClNO4.CHClO2/c1-21(2)9-12-3-13(22)6-17(19(12)27-21)20(25)26-16-7-14-4-11-5-15(8-16)23(14)10-18(11)24;2-1(3)4/h3,6,11,14-16H,4-5,7-10H2,1-2H3;(H,3,4)/t11?,14-,15-,16?;/m0./s1. The molecule has 2 atom stereocenters. The average Bonchev–Trinajstić information content (AvgIpc) is 2.94. The van der Waals surface area contributed by atoms with E-state index >= 15 is 0 Å². The largest absolute Gasteiger partial charge is 0.486 e. The van der Waals surface area contributed by atoms with E-state index in [2.05, 4.69) is 16.5 Å². The molecule has 5 heterocycles. The highest BCUT2D eigenvalue weighted by Crippen LogP contribution is 2.43. The van der Waals surface area contributed by atoms with Crippen LogP contribution in [0.5, 0.6) is 5.75 Å². The summed E-state index contributed by atoms with van der Waals surface area (Å²) in [7, 11) is 0. The molecule has 6 rings (SSSR count). The molecule has 4 fully saturated rings. The monoisotopic (exact) mass is 469 g/mol. The molecule has 0 saturated carbocycles. The van der Waals surface area contributed by atoms with Crippen LogP contribution in [0.1, 0.15) is 55.5 Å². The number of carboxylic acid groups (broad SMARTS) is 1. The molecule has 5 aliphatic rings. The molecule has 1 N–H and O–H groups in total. The van der Waals surface area contributed by atoms with Crippen LogP contribution >= 0.6 is 23.2 Å². The highest BCUT2D eigenvalue weighted by Gasteiger charge is 2.49. The highest BCUT2D eigenvalue weighted by molar-refractivity contribution is 6.60. The molecule has 168 valence electrons. The number of ketones is 1. The number of Topliss-reactive ketones (excluding diaryl/α,β-unsaturated/α-hetero) is 1. The van der Waals surface area contributed by atoms with E-state index in [1.165, 1.54) is 0 Å². The Kier molecular flexibility index (Phi) is 5.96. The second-order valence-electron chi connectivity index (χ2n) is 9.35. The van der Waals surface area contributed by atoms with Crippen LogP contribution in [-0.4, -0.2) is 57.5 Å². The lowest BCUT2D eigenvalue weighted by Crippen LogP contribution is -2.63. The van der Waals surface area contributed by atoms with Crippen LogP contribution in [0.2, 0.25) is 5.02 Å². The first-order valence-electron chi connectivity index (χ1n) is 10.4. The number of carbonyl (C=O) groups is 3. The van der Waals surface area contributed by atoms with Gasteiger partial charge in [-0.25, -0.2) is 9.59 Å². The van der Waals surface area contributed by atoms with Crippen LogP contribution in [0.3, 0.4) is 0 Å². The summed E-state index contributed by atoms with van der Waals surface area (Å²) in [5.74, 6) is 0.854. The summed E-state index contributed by atoms with van der Waals surface area (Å²) in [6, 6.07) is 4.24. The van der Waals surface area contributed by atoms with Crippen LogP contribution in [0.25, 0.3) is 0 Å². The third-order valence-electron chi connectivity index (χ3n) is 6.53. The molecule has 1 aromatic rings. The number of carbonyl (C=O) groups excluding carboxylic acids is 2. The third-order valence-corrected chi connectivity index (χ3v) is 6.75. The van der Waals surface area contributed by atoms with Crippen LogP contribution < -0.4 is 4.74 Å². The number of piperidine rings is 4. The van der Waals surface area contributed by atoms with Crippen molar-refractivity contribution in [3.63, 3.8) is 0 Å². The Morgan fingerprint density at radius 1 is 1.19 bits per heavy atom. The molecule has 7 nitrogen and oxygen atoms in total. The van der Waals surface area contributed by atoms with Crippen LogP contribution in [0.4, 0.5) is 4.79 Å². The van der Waals surface area contributed by atoms with Gasteiger partial charge in [-0.05, 0) is 38.8 Å². The van der Waals surface area contributed by atoms with Gasteiger partial charge in [0.05, 0.1) is 6.54 Å². The fourth-order valence-electron chi connectivity index (χ4n) is 5.45. The van der Waals surface area contributed by atoms with Crippen molar-refractivity contribution in [2.75, 3.05) is 6.54 Å². The van der Waals surface area contributed by atoms with E-state index in [1.54, 1.807) is 6.07 Å². The zero-order valence-corrected chi connectivity index (χ0v) is 18.9. The minimum atomic E-state index is -1.36. The lowest BCUT2D eigenvalue weighted by molar-refractivity contribution is -0.145. The Morgan fingerprint density at radius 3 is 2.39 bits per heavy atom. The van der Waals surface area contributed by atoms with Crippen molar-refractivity contribution in [1.29, 1.82) is 0 Å². The number of ether oxygens (including phenoxy) is 2. The van der Waals surface area contributed by atoms with Crippen molar-refractivity contribution in [2.45, 2.75) is 69.7 Å².